The Labute approximate surface area is 108 Å². The lowest BCUT2D eigenvalue weighted by atomic mass is 10.0. The molecule has 0 bridgehead atoms. The molecule has 17 heavy (non-hydrogen) atoms. The molecule has 0 spiro atoms. The number of methoxy groups -OCH3 is 2. The van der Waals surface area contributed by atoms with Crippen LogP contribution in [0.3, 0.4) is 0 Å². The van der Waals surface area contributed by atoms with Crippen molar-refractivity contribution in [2.75, 3.05) is 14.2 Å². The first kappa shape index (κ1) is 15.7. The second kappa shape index (κ2) is 6.47. The normalized spacial score (nSPS) is 11.4. The summed E-state index contributed by atoms with van der Waals surface area (Å²) < 4.78 is 9.85. The molecular formula is C12H18ClNO3. The standard InChI is InChI=1S/C12H17NO3.ClH/c1-7-5-9(10(13)12(14)16-4)6-8(2)11(7)15-3;/h5-6,10H,13H2,1-4H3;1H/t10-;/m1./s1. The molecule has 0 aliphatic carbocycles. The van der Waals surface area contributed by atoms with Crippen LogP contribution in [0.25, 0.3) is 0 Å². The van der Waals surface area contributed by atoms with E-state index in [2.05, 4.69) is 4.74 Å². The molecular weight excluding hydrogens is 242 g/mol. The van der Waals surface area contributed by atoms with Gasteiger partial charge in [0.25, 0.3) is 0 Å². The van der Waals surface area contributed by atoms with Gasteiger partial charge in [-0.3, -0.25) is 4.79 Å². The molecule has 0 radical (unpaired) electrons. The van der Waals surface area contributed by atoms with Crippen LogP contribution in [0.5, 0.6) is 5.75 Å². The van der Waals surface area contributed by atoms with Crippen molar-refractivity contribution in [3.05, 3.63) is 28.8 Å². The fourth-order valence-electron chi connectivity index (χ4n) is 1.75. The number of esters is 1. The van der Waals surface area contributed by atoms with E-state index in [9.17, 15) is 4.79 Å². The van der Waals surface area contributed by atoms with Crippen molar-refractivity contribution in [1.29, 1.82) is 0 Å². The highest BCUT2D eigenvalue weighted by atomic mass is 35.5. The Morgan fingerprint density at radius 1 is 1.24 bits per heavy atom. The van der Waals surface area contributed by atoms with Crippen molar-refractivity contribution in [2.45, 2.75) is 19.9 Å². The third-order valence-electron chi connectivity index (χ3n) is 2.50. The molecule has 4 nitrogen and oxygen atoms in total. The Balaban J connectivity index is 0.00000256. The van der Waals surface area contributed by atoms with Gasteiger partial charge >= 0.3 is 5.97 Å². The highest BCUT2D eigenvalue weighted by molar-refractivity contribution is 5.85. The monoisotopic (exact) mass is 259 g/mol. The van der Waals surface area contributed by atoms with E-state index in [1.165, 1.54) is 7.11 Å². The maximum atomic E-state index is 11.3. The Kier molecular flexibility index (Phi) is 5.99. The lowest BCUT2D eigenvalue weighted by Crippen LogP contribution is -2.22. The van der Waals surface area contributed by atoms with Crippen LogP contribution in [0.1, 0.15) is 22.7 Å². The number of ether oxygens (including phenoxy) is 2. The van der Waals surface area contributed by atoms with Crippen LogP contribution in [0.15, 0.2) is 12.1 Å². The van der Waals surface area contributed by atoms with Gasteiger partial charge in [0.15, 0.2) is 0 Å². The molecule has 0 fully saturated rings. The number of nitrogens with two attached hydrogens (primary N) is 1. The molecule has 0 aliphatic heterocycles. The summed E-state index contributed by atoms with van der Waals surface area (Å²) >= 11 is 0. The highest BCUT2D eigenvalue weighted by Gasteiger charge is 2.18. The van der Waals surface area contributed by atoms with Crippen molar-refractivity contribution in [3.63, 3.8) is 0 Å². The maximum Gasteiger partial charge on any atom is 0.327 e. The van der Waals surface area contributed by atoms with Gasteiger partial charge in [0.05, 0.1) is 14.2 Å². The number of halogens is 1. The van der Waals surface area contributed by atoms with Crippen LogP contribution in [0.2, 0.25) is 0 Å². The zero-order valence-corrected chi connectivity index (χ0v) is 11.3. The summed E-state index contributed by atoms with van der Waals surface area (Å²) in [6.45, 7) is 3.83. The number of hydrogen-bond acceptors (Lipinski definition) is 4. The van der Waals surface area contributed by atoms with E-state index in [0.29, 0.717) is 0 Å². The lowest BCUT2D eigenvalue weighted by molar-refractivity contribution is -0.142. The first-order chi connectivity index (χ1) is 7.51. The molecule has 1 aromatic rings. The molecule has 0 saturated heterocycles. The summed E-state index contributed by atoms with van der Waals surface area (Å²) in [6, 6.07) is 2.94. The molecule has 0 aromatic heterocycles. The summed E-state index contributed by atoms with van der Waals surface area (Å²) in [5, 5.41) is 0. The van der Waals surface area contributed by atoms with Gasteiger partial charge < -0.3 is 15.2 Å². The fraction of sp³-hybridized carbons (Fsp3) is 0.417. The lowest BCUT2D eigenvalue weighted by Gasteiger charge is -2.14. The van der Waals surface area contributed by atoms with E-state index < -0.39 is 12.0 Å². The number of rotatable bonds is 3. The van der Waals surface area contributed by atoms with Crippen LogP contribution >= 0.6 is 12.4 Å². The van der Waals surface area contributed by atoms with Crippen molar-refractivity contribution in [1.82, 2.24) is 0 Å². The Bertz CT molecular complexity index is 384. The minimum Gasteiger partial charge on any atom is -0.496 e. The summed E-state index contributed by atoms with van der Waals surface area (Å²) in [5.74, 6) is 0.379. The molecule has 1 atom stereocenters. The quantitative estimate of drug-likeness (QED) is 0.843. The Hall–Kier alpha value is -1.26. The van der Waals surface area contributed by atoms with Crippen molar-refractivity contribution in [2.24, 2.45) is 5.73 Å². The minimum absolute atomic E-state index is 0. The van der Waals surface area contributed by atoms with Crippen molar-refractivity contribution < 1.29 is 14.3 Å². The number of benzene rings is 1. The summed E-state index contributed by atoms with van der Waals surface area (Å²) in [4.78, 5) is 11.3. The second-order valence-electron chi connectivity index (χ2n) is 3.69. The Morgan fingerprint density at radius 3 is 2.06 bits per heavy atom. The van der Waals surface area contributed by atoms with Crippen LogP contribution < -0.4 is 10.5 Å². The topological polar surface area (TPSA) is 61.5 Å². The van der Waals surface area contributed by atoms with Gasteiger partial charge in [-0.2, -0.15) is 0 Å². The van der Waals surface area contributed by atoms with Crippen LogP contribution in [0.4, 0.5) is 0 Å². The average molecular weight is 260 g/mol. The molecule has 1 rings (SSSR count). The fourth-order valence-corrected chi connectivity index (χ4v) is 1.75. The van der Waals surface area contributed by atoms with Crippen LogP contribution in [-0.4, -0.2) is 20.2 Å². The molecule has 0 heterocycles. The van der Waals surface area contributed by atoms with Gasteiger partial charge in [-0.1, -0.05) is 12.1 Å². The molecule has 1 aromatic carbocycles. The van der Waals surface area contributed by atoms with E-state index in [4.69, 9.17) is 10.5 Å². The summed E-state index contributed by atoms with van der Waals surface area (Å²) in [7, 11) is 2.95. The zero-order chi connectivity index (χ0) is 12.3. The van der Waals surface area contributed by atoms with Crippen LogP contribution in [0, 0.1) is 13.8 Å². The van der Waals surface area contributed by atoms with E-state index in [1.807, 2.05) is 26.0 Å². The van der Waals surface area contributed by atoms with E-state index in [1.54, 1.807) is 7.11 Å². The molecule has 5 heteroatoms. The first-order valence-electron chi connectivity index (χ1n) is 4.99. The number of carbonyl (C=O) groups is 1. The van der Waals surface area contributed by atoms with Gasteiger partial charge in [0.2, 0.25) is 0 Å². The third kappa shape index (κ3) is 3.35. The predicted octanol–water partition coefficient (Wildman–Crippen LogP) is 1.91. The van der Waals surface area contributed by atoms with Gasteiger partial charge in [0, 0.05) is 0 Å². The zero-order valence-electron chi connectivity index (χ0n) is 10.4. The number of aryl methyl sites for hydroxylation is 2. The van der Waals surface area contributed by atoms with Crippen molar-refractivity contribution >= 4 is 18.4 Å². The van der Waals surface area contributed by atoms with E-state index >= 15 is 0 Å². The maximum absolute atomic E-state index is 11.3. The summed E-state index contributed by atoms with van der Waals surface area (Å²) in [5.41, 5.74) is 8.41. The van der Waals surface area contributed by atoms with Gasteiger partial charge in [-0.15, -0.1) is 12.4 Å². The second-order valence-corrected chi connectivity index (χ2v) is 3.69. The number of carbonyl (C=O) groups excluding carboxylic acids is 1. The van der Waals surface area contributed by atoms with Gasteiger partial charge in [-0.25, -0.2) is 0 Å². The van der Waals surface area contributed by atoms with Gasteiger partial charge in [-0.05, 0) is 30.5 Å². The van der Waals surface area contributed by atoms with Crippen molar-refractivity contribution in [3.8, 4) is 5.75 Å². The number of hydrogen-bond donors (Lipinski definition) is 1. The first-order valence-corrected chi connectivity index (χ1v) is 4.99. The molecule has 0 amide bonds. The molecule has 0 unspecified atom stereocenters. The average Bonchev–Trinajstić information content (AvgIpc) is 2.26. The molecule has 96 valence electrons. The van der Waals surface area contributed by atoms with E-state index in [0.717, 1.165) is 22.4 Å². The molecule has 0 aliphatic rings. The predicted molar refractivity (Wildman–Crippen MR) is 68.7 cm³/mol. The molecule has 0 saturated carbocycles. The smallest absolute Gasteiger partial charge is 0.327 e. The highest BCUT2D eigenvalue weighted by Crippen LogP contribution is 2.26. The van der Waals surface area contributed by atoms with Crippen LogP contribution in [-0.2, 0) is 9.53 Å². The Morgan fingerprint density at radius 2 is 1.71 bits per heavy atom. The third-order valence-corrected chi connectivity index (χ3v) is 2.50. The summed E-state index contributed by atoms with van der Waals surface area (Å²) in [6.07, 6.45) is 0. The largest absolute Gasteiger partial charge is 0.496 e. The molecule has 2 N–H and O–H groups in total. The van der Waals surface area contributed by atoms with Gasteiger partial charge in [0.1, 0.15) is 11.8 Å². The van der Waals surface area contributed by atoms with E-state index in [-0.39, 0.29) is 12.4 Å². The SMILES string of the molecule is COC(=O)[C@H](N)c1cc(C)c(OC)c(C)c1.Cl. The minimum atomic E-state index is -0.742.